The number of carbonyl (C=O) groups is 4. The Morgan fingerprint density at radius 3 is 1.06 bits per heavy atom. The van der Waals surface area contributed by atoms with Crippen LogP contribution in [0.3, 0.4) is 0 Å². The minimum absolute atomic E-state index is 0.0392. The number of hydrogen-bond donors (Lipinski definition) is 0. The highest BCUT2D eigenvalue weighted by Gasteiger charge is 2.54. The lowest BCUT2D eigenvalue weighted by atomic mass is 9.76. The third-order valence-electron chi connectivity index (χ3n) is 6.35. The number of hydrogen-bond acceptors (Lipinski definition) is 4. The SMILES string of the molecule is CCN1C(=O)c2c(C)c(C)c3c4c(c(C(F)(F)F)c(C(F)(F)F)c(c24)C1=O)C(=O)N(CC)C3=O. The summed E-state index contributed by atoms with van der Waals surface area (Å²) in [6, 6.07) is 0. The van der Waals surface area contributed by atoms with Gasteiger partial charge in [0.25, 0.3) is 23.6 Å². The predicted molar refractivity (Wildman–Crippen MR) is 106 cm³/mol. The van der Waals surface area contributed by atoms with E-state index in [0.717, 1.165) is 0 Å². The van der Waals surface area contributed by atoms with Gasteiger partial charge in [-0.15, -0.1) is 0 Å². The summed E-state index contributed by atoms with van der Waals surface area (Å²) in [6.07, 6.45) is -11.4. The molecule has 2 aromatic rings. The zero-order valence-electron chi connectivity index (χ0n) is 18.2. The van der Waals surface area contributed by atoms with Crippen LogP contribution >= 0.6 is 0 Å². The summed E-state index contributed by atoms with van der Waals surface area (Å²) in [5.41, 5.74) is -8.23. The summed E-state index contributed by atoms with van der Waals surface area (Å²) in [4.78, 5) is 53.1. The lowest BCUT2D eigenvalue weighted by Gasteiger charge is -2.36. The van der Waals surface area contributed by atoms with Gasteiger partial charge in [0, 0.05) is 23.9 Å². The van der Waals surface area contributed by atoms with E-state index in [1.165, 1.54) is 27.7 Å². The molecule has 0 spiro atoms. The summed E-state index contributed by atoms with van der Waals surface area (Å²) in [7, 11) is 0. The van der Waals surface area contributed by atoms with Crippen molar-refractivity contribution < 1.29 is 45.5 Å². The Balaban J connectivity index is 2.48. The molecule has 0 aromatic heterocycles. The molecule has 0 N–H and O–H groups in total. The van der Waals surface area contributed by atoms with E-state index in [0.29, 0.717) is 9.80 Å². The number of imide groups is 2. The van der Waals surface area contributed by atoms with Gasteiger partial charge in [-0.1, -0.05) is 0 Å². The molecule has 4 rings (SSSR count). The summed E-state index contributed by atoms with van der Waals surface area (Å²) < 4.78 is 85.6. The first-order chi connectivity index (χ1) is 15.6. The number of benzene rings is 2. The normalized spacial score (nSPS) is 16.3. The molecule has 0 unspecified atom stereocenters. The van der Waals surface area contributed by atoms with Crippen molar-refractivity contribution in [3.63, 3.8) is 0 Å². The molecule has 34 heavy (non-hydrogen) atoms. The number of carbonyl (C=O) groups excluding carboxylic acids is 4. The molecule has 6 nitrogen and oxygen atoms in total. The third kappa shape index (κ3) is 2.77. The molecule has 0 saturated carbocycles. The maximum Gasteiger partial charge on any atom is 0.417 e. The van der Waals surface area contributed by atoms with Gasteiger partial charge in [-0.3, -0.25) is 29.0 Å². The number of halogens is 6. The van der Waals surface area contributed by atoms with Crippen molar-refractivity contribution in [1.29, 1.82) is 0 Å². The minimum atomic E-state index is -5.71. The van der Waals surface area contributed by atoms with Crippen molar-refractivity contribution in [2.45, 2.75) is 40.0 Å². The molecule has 0 bridgehead atoms. The molecule has 2 aliphatic rings. The van der Waals surface area contributed by atoms with Crippen LogP contribution in [0, 0.1) is 13.8 Å². The van der Waals surface area contributed by atoms with Crippen molar-refractivity contribution in [3.8, 4) is 0 Å². The smallest absolute Gasteiger partial charge is 0.275 e. The topological polar surface area (TPSA) is 74.8 Å². The highest BCUT2D eigenvalue weighted by molar-refractivity contribution is 6.35. The molecule has 4 amide bonds. The Kier molecular flexibility index (Phi) is 4.90. The molecule has 2 aliphatic heterocycles. The maximum atomic E-state index is 14.3. The Morgan fingerprint density at radius 1 is 0.559 bits per heavy atom. The van der Waals surface area contributed by atoms with Gasteiger partial charge in [0.05, 0.1) is 33.4 Å². The first-order valence-corrected chi connectivity index (χ1v) is 10.1. The fraction of sp³-hybridized carbons (Fsp3) is 0.364. The van der Waals surface area contributed by atoms with Gasteiger partial charge in [-0.2, -0.15) is 26.3 Å². The van der Waals surface area contributed by atoms with Gasteiger partial charge in [-0.25, -0.2) is 0 Å². The van der Waals surface area contributed by atoms with Crippen LogP contribution in [0.1, 0.15) is 77.5 Å². The van der Waals surface area contributed by atoms with Crippen molar-refractivity contribution in [2.75, 3.05) is 13.1 Å². The Hall–Kier alpha value is -3.44. The van der Waals surface area contributed by atoms with Crippen LogP contribution in [0.15, 0.2) is 0 Å². The number of alkyl halides is 6. The van der Waals surface area contributed by atoms with Crippen LogP contribution in [0.25, 0.3) is 10.8 Å². The van der Waals surface area contributed by atoms with Crippen molar-refractivity contribution in [1.82, 2.24) is 9.80 Å². The second-order valence-corrected chi connectivity index (χ2v) is 7.95. The van der Waals surface area contributed by atoms with Crippen LogP contribution in [0.2, 0.25) is 0 Å². The summed E-state index contributed by atoms with van der Waals surface area (Å²) in [6.45, 7) is 4.43. The highest BCUT2D eigenvalue weighted by Crippen LogP contribution is 2.52. The molecule has 0 fully saturated rings. The van der Waals surface area contributed by atoms with E-state index in [1.807, 2.05) is 0 Å². The van der Waals surface area contributed by atoms with Crippen LogP contribution in [0.4, 0.5) is 26.3 Å². The standard InChI is InChI=1S/C22H16F6N2O4/c1-5-29-17(31)9-7(3)8(4)10-12-11(9)13(19(29)33)15(21(23,24)25)16(22(26,27)28)14(12)20(34)30(6-2)18(10)32/h5-6H2,1-4H3. The maximum absolute atomic E-state index is 14.3. The van der Waals surface area contributed by atoms with Crippen LogP contribution < -0.4 is 0 Å². The predicted octanol–water partition coefficient (Wildman–Crippen LogP) is 4.73. The third-order valence-corrected chi connectivity index (χ3v) is 6.35. The largest absolute Gasteiger partial charge is 0.417 e. The van der Waals surface area contributed by atoms with E-state index in [9.17, 15) is 45.5 Å². The average molecular weight is 486 g/mol. The Morgan fingerprint density at radius 2 is 0.824 bits per heavy atom. The summed E-state index contributed by atoms with van der Waals surface area (Å²) in [5, 5.41) is -1.49. The van der Waals surface area contributed by atoms with Crippen molar-refractivity contribution >= 4 is 34.4 Å². The lowest BCUT2D eigenvalue weighted by Crippen LogP contribution is -2.46. The number of nitrogens with zero attached hydrogens (tertiary/aromatic N) is 2. The van der Waals surface area contributed by atoms with Gasteiger partial charge in [0.15, 0.2) is 0 Å². The lowest BCUT2D eigenvalue weighted by molar-refractivity contribution is -0.162. The quantitative estimate of drug-likeness (QED) is 0.455. The van der Waals surface area contributed by atoms with Crippen molar-refractivity contribution in [3.05, 3.63) is 44.5 Å². The molecule has 0 atom stereocenters. The first kappa shape index (κ1) is 23.7. The second-order valence-electron chi connectivity index (χ2n) is 7.95. The van der Waals surface area contributed by atoms with Gasteiger partial charge in [-0.05, 0) is 38.8 Å². The average Bonchev–Trinajstić information content (AvgIpc) is 2.71. The molecule has 180 valence electrons. The van der Waals surface area contributed by atoms with E-state index in [2.05, 4.69) is 0 Å². The molecule has 0 aliphatic carbocycles. The van der Waals surface area contributed by atoms with Crippen molar-refractivity contribution in [2.24, 2.45) is 0 Å². The van der Waals surface area contributed by atoms with Crippen LogP contribution in [0.5, 0.6) is 0 Å². The molecular formula is C22H16F6N2O4. The van der Waals surface area contributed by atoms with E-state index in [4.69, 9.17) is 0 Å². The van der Waals surface area contributed by atoms with E-state index in [-0.39, 0.29) is 11.1 Å². The summed E-state index contributed by atoms with van der Waals surface area (Å²) >= 11 is 0. The van der Waals surface area contributed by atoms with Crippen LogP contribution in [-0.2, 0) is 12.4 Å². The number of amides is 4. The second kappa shape index (κ2) is 7.03. The molecule has 0 radical (unpaired) electrons. The molecule has 12 heteroatoms. The fourth-order valence-electron chi connectivity index (χ4n) is 4.83. The van der Waals surface area contributed by atoms with E-state index >= 15 is 0 Å². The van der Waals surface area contributed by atoms with Gasteiger partial charge in [0.2, 0.25) is 0 Å². The molecule has 2 aromatic carbocycles. The monoisotopic (exact) mass is 486 g/mol. The zero-order valence-corrected chi connectivity index (χ0v) is 18.2. The van der Waals surface area contributed by atoms with Gasteiger partial charge in [0.1, 0.15) is 0 Å². The zero-order chi connectivity index (χ0) is 25.7. The number of rotatable bonds is 2. The Bertz CT molecular complexity index is 1250. The molecule has 2 heterocycles. The van der Waals surface area contributed by atoms with Crippen LogP contribution in [-0.4, -0.2) is 46.5 Å². The van der Waals surface area contributed by atoms with E-state index < -0.39 is 93.2 Å². The first-order valence-electron chi connectivity index (χ1n) is 10.1. The highest BCUT2D eigenvalue weighted by atomic mass is 19.4. The van der Waals surface area contributed by atoms with Gasteiger partial charge >= 0.3 is 12.4 Å². The summed E-state index contributed by atoms with van der Waals surface area (Å²) in [5.74, 6) is -5.17. The van der Waals surface area contributed by atoms with E-state index in [1.54, 1.807) is 0 Å². The fourth-order valence-corrected chi connectivity index (χ4v) is 4.83. The molecule has 0 saturated heterocycles. The van der Waals surface area contributed by atoms with Gasteiger partial charge < -0.3 is 0 Å². The Labute approximate surface area is 188 Å². The minimum Gasteiger partial charge on any atom is -0.275 e. The molecular weight excluding hydrogens is 470 g/mol.